The van der Waals surface area contributed by atoms with Gasteiger partial charge in [0.15, 0.2) is 0 Å². The first-order valence-electron chi connectivity index (χ1n) is 5.44. The Bertz CT molecular complexity index is 625. The molecule has 0 aromatic heterocycles. The molecule has 7 nitrogen and oxygen atoms in total. The maximum absolute atomic E-state index is 12.2. The Kier molecular flexibility index (Phi) is 3.77. The number of nitro groups is 1. The number of nitro benzene ring substituents is 1. The predicted octanol–water partition coefficient (Wildman–Crippen LogP) is 1.88. The van der Waals surface area contributed by atoms with E-state index in [1.165, 1.54) is 13.0 Å². The molecule has 1 fully saturated rings. The molecule has 0 radical (unpaired) electrons. The highest BCUT2D eigenvalue weighted by atomic mass is 35.5. The van der Waals surface area contributed by atoms with Gasteiger partial charge in [0.1, 0.15) is 0 Å². The van der Waals surface area contributed by atoms with Crippen LogP contribution in [-0.2, 0) is 14.9 Å². The van der Waals surface area contributed by atoms with Crippen LogP contribution >= 0.6 is 11.6 Å². The Morgan fingerprint density at radius 2 is 2.16 bits per heavy atom. The third kappa shape index (κ3) is 2.57. The number of nitrogens with zero attached hydrogens (tertiary/aromatic N) is 2. The summed E-state index contributed by atoms with van der Waals surface area (Å²) in [6, 6.07) is 2.19. The summed E-state index contributed by atoms with van der Waals surface area (Å²) in [7, 11) is -3.91. The maximum atomic E-state index is 12.2. The van der Waals surface area contributed by atoms with Gasteiger partial charge in [0.2, 0.25) is 0 Å². The van der Waals surface area contributed by atoms with E-state index in [0.717, 1.165) is 10.5 Å². The molecule has 0 N–H and O–H groups in total. The normalized spacial score (nSPS) is 16.7. The van der Waals surface area contributed by atoms with Gasteiger partial charge in [-0.2, -0.15) is 0 Å². The predicted molar refractivity (Wildman–Crippen MR) is 67.3 cm³/mol. The first-order valence-corrected chi connectivity index (χ1v) is 7.26. The van der Waals surface area contributed by atoms with Crippen LogP contribution < -0.4 is 0 Å². The van der Waals surface area contributed by atoms with E-state index in [9.17, 15) is 18.5 Å². The standard InChI is InChI=1S/C10H11ClN2O5S/c1-7-9(11)5-8(6-10(7)13(14)15)19(16,17)12-3-2-4-18-12/h5-6H,2-4H2,1H3. The summed E-state index contributed by atoms with van der Waals surface area (Å²) in [4.78, 5) is 15.0. The van der Waals surface area contributed by atoms with E-state index in [0.29, 0.717) is 13.0 Å². The molecule has 1 aliphatic rings. The lowest BCUT2D eigenvalue weighted by Gasteiger charge is -2.14. The van der Waals surface area contributed by atoms with Gasteiger partial charge in [-0.15, -0.1) is 0 Å². The Morgan fingerprint density at radius 3 is 2.68 bits per heavy atom. The molecule has 1 aromatic carbocycles. The monoisotopic (exact) mass is 306 g/mol. The average Bonchev–Trinajstić information content (AvgIpc) is 2.86. The molecule has 9 heteroatoms. The number of benzene rings is 1. The molecular weight excluding hydrogens is 296 g/mol. The zero-order valence-corrected chi connectivity index (χ0v) is 11.6. The highest BCUT2D eigenvalue weighted by molar-refractivity contribution is 7.89. The smallest absolute Gasteiger partial charge is 0.275 e. The fourth-order valence-electron chi connectivity index (χ4n) is 1.71. The molecule has 19 heavy (non-hydrogen) atoms. The SMILES string of the molecule is Cc1c(Cl)cc(S(=O)(=O)N2CCCO2)cc1[N+](=O)[O-]. The molecule has 0 bridgehead atoms. The summed E-state index contributed by atoms with van der Waals surface area (Å²) in [6.45, 7) is 1.99. The molecule has 1 aliphatic heterocycles. The van der Waals surface area contributed by atoms with Crippen molar-refractivity contribution in [3.8, 4) is 0 Å². The first-order chi connectivity index (χ1) is 8.84. The van der Waals surface area contributed by atoms with Gasteiger partial charge in [-0.1, -0.05) is 16.1 Å². The van der Waals surface area contributed by atoms with Gasteiger partial charge < -0.3 is 0 Å². The molecule has 1 saturated heterocycles. The Labute approximate surface area is 114 Å². The van der Waals surface area contributed by atoms with E-state index < -0.39 is 14.9 Å². The van der Waals surface area contributed by atoms with Gasteiger partial charge in [0, 0.05) is 18.2 Å². The van der Waals surface area contributed by atoms with Crippen LogP contribution in [-0.4, -0.2) is 31.0 Å². The van der Waals surface area contributed by atoms with Gasteiger partial charge in [-0.05, 0) is 19.4 Å². The number of hydroxylamine groups is 1. The molecular formula is C10H11ClN2O5S. The molecule has 1 aromatic rings. The van der Waals surface area contributed by atoms with Gasteiger partial charge >= 0.3 is 0 Å². The molecule has 1 heterocycles. The lowest BCUT2D eigenvalue weighted by molar-refractivity contribution is -0.385. The third-order valence-electron chi connectivity index (χ3n) is 2.77. The van der Waals surface area contributed by atoms with E-state index in [1.54, 1.807) is 0 Å². The highest BCUT2D eigenvalue weighted by Gasteiger charge is 2.31. The van der Waals surface area contributed by atoms with Crippen LogP contribution in [0.2, 0.25) is 5.02 Å². The van der Waals surface area contributed by atoms with Crippen molar-refractivity contribution in [1.29, 1.82) is 0 Å². The van der Waals surface area contributed by atoms with Crippen LogP contribution in [0.5, 0.6) is 0 Å². The van der Waals surface area contributed by atoms with Gasteiger partial charge in [0.05, 0.1) is 21.4 Å². The number of halogens is 1. The van der Waals surface area contributed by atoms with Gasteiger partial charge in [0.25, 0.3) is 15.7 Å². The van der Waals surface area contributed by atoms with E-state index in [2.05, 4.69) is 0 Å². The van der Waals surface area contributed by atoms with E-state index in [-0.39, 0.29) is 27.7 Å². The lowest BCUT2D eigenvalue weighted by atomic mass is 10.2. The van der Waals surface area contributed by atoms with E-state index in [1.807, 2.05) is 0 Å². The molecule has 0 atom stereocenters. The maximum Gasteiger partial charge on any atom is 0.275 e. The van der Waals surface area contributed by atoms with Crippen LogP contribution in [0.3, 0.4) is 0 Å². The lowest BCUT2D eigenvalue weighted by Crippen LogP contribution is -2.26. The summed E-state index contributed by atoms with van der Waals surface area (Å²) in [5, 5.41) is 10.9. The summed E-state index contributed by atoms with van der Waals surface area (Å²) in [5.74, 6) is 0. The van der Waals surface area contributed by atoms with E-state index >= 15 is 0 Å². The molecule has 104 valence electrons. The number of hydrogen-bond donors (Lipinski definition) is 0. The van der Waals surface area contributed by atoms with Gasteiger partial charge in [-0.3, -0.25) is 15.0 Å². The van der Waals surface area contributed by atoms with Crippen molar-refractivity contribution in [3.05, 3.63) is 32.8 Å². The second-order valence-electron chi connectivity index (χ2n) is 4.02. The van der Waals surface area contributed by atoms with E-state index in [4.69, 9.17) is 16.4 Å². The van der Waals surface area contributed by atoms with Crippen molar-refractivity contribution in [2.45, 2.75) is 18.2 Å². The quantitative estimate of drug-likeness (QED) is 0.628. The van der Waals surface area contributed by atoms with Crippen LogP contribution in [0.25, 0.3) is 0 Å². The third-order valence-corrected chi connectivity index (χ3v) is 4.82. The second-order valence-corrected chi connectivity index (χ2v) is 6.26. The molecule has 2 rings (SSSR count). The summed E-state index contributed by atoms with van der Waals surface area (Å²) >= 11 is 5.85. The minimum absolute atomic E-state index is 0.0342. The molecule has 0 saturated carbocycles. The molecule has 0 aliphatic carbocycles. The number of sulfonamides is 1. The fourth-order valence-corrected chi connectivity index (χ4v) is 3.33. The molecule has 0 unspecified atom stereocenters. The summed E-state index contributed by atoms with van der Waals surface area (Å²) < 4.78 is 25.2. The Balaban J connectivity index is 2.54. The van der Waals surface area contributed by atoms with Crippen LogP contribution in [0.1, 0.15) is 12.0 Å². The second kappa shape index (κ2) is 5.04. The molecule has 0 amide bonds. The minimum Gasteiger partial charge on any atom is -0.284 e. The van der Waals surface area contributed by atoms with Crippen LogP contribution in [0, 0.1) is 17.0 Å². The van der Waals surface area contributed by atoms with Crippen molar-refractivity contribution in [2.24, 2.45) is 0 Å². The first kappa shape index (κ1) is 14.2. The fraction of sp³-hybridized carbons (Fsp3) is 0.400. The van der Waals surface area contributed by atoms with Crippen molar-refractivity contribution >= 4 is 27.3 Å². The number of hydrogen-bond acceptors (Lipinski definition) is 5. The van der Waals surface area contributed by atoms with Crippen molar-refractivity contribution < 1.29 is 18.2 Å². The average molecular weight is 307 g/mol. The Morgan fingerprint density at radius 1 is 1.47 bits per heavy atom. The Hall–Kier alpha value is -1.22. The highest BCUT2D eigenvalue weighted by Crippen LogP contribution is 2.31. The van der Waals surface area contributed by atoms with Crippen LogP contribution in [0.15, 0.2) is 17.0 Å². The van der Waals surface area contributed by atoms with Crippen molar-refractivity contribution in [3.63, 3.8) is 0 Å². The number of rotatable bonds is 3. The summed E-state index contributed by atoms with van der Waals surface area (Å²) in [6.07, 6.45) is 0.584. The van der Waals surface area contributed by atoms with Crippen molar-refractivity contribution in [1.82, 2.24) is 4.47 Å². The molecule has 0 spiro atoms. The minimum atomic E-state index is -3.91. The largest absolute Gasteiger partial charge is 0.284 e. The van der Waals surface area contributed by atoms with Crippen molar-refractivity contribution in [2.75, 3.05) is 13.2 Å². The summed E-state index contributed by atoms with van der Waals surface area (Å²) in [5.41, 5.74) is -0.0989. The zero-order chi connectivity index (χ0) is 14.2. The topological polar surface area (TPSA) is 89.8 Å². The zero-order valence-electron chi connectivity index (χ0n) is 10.00. The van der Waals surface area contributed by atoms with Crippen LogP contribution in [0.4, 0.5) is 5.69 Å². The van der Waals surface area contributed by atoms with Gasteiger partial charge in [-0.25, -0.2) is 8.42 Å².